The molecule has 9 nitrogen and oxygen atoms in total. The molecule has 9 heteroatoms. The van der Waals surface area contributed by atoms with Crippen LogP contribution < -0.4 is 5.32 Å². The van der Waals surface area contributed by atoms with Gasteiger partial charge in [-0.1, -0.05) is 62.9 Å². The Bertz CT molecular complexity index is 918. The van der Waals surface area contributed by atoms with Gasteiger partial charge < -0.3 is 19.9 Å². The summed E-state index contributed by atoms with van der Waals surface area (Å²) in [6.07, 6.45) is 9.04. The fraction of sp³-hybridized carbons (Fsp3) is 0.593. The first-order valence-corrected chi connectivity index (χ1v) is 13.0. The van der Waals surface area contributed by atoms with E-state index in [-0.39, 0.29) is 37.5 Å². The number of urea groups is 1. The summed E-state index contributed by atoms with van der Waals surface area (Å²) in [6.45, 7) is 6.56. The molecular formula is C27H39N5O4. The minimum atomic E-state index is -0.620. The van der Waals surface area contributed by atoms with Crippen LogP contribution in [0.3, 0.4) is 0 Å². The van der Waals surface area contributed by atoms with Gasteiger partial charge in [-0.2, -0.15) is 5.01 Å². The number of hydrogen-bond acceptors (Lipinski definition) is 5. The molecule has 0 saturated carbocycles. The second-order valence-electron chi connectivity index (χ2n) is 9.21. The fourth-order valence-electron chi connectivity index (χ4n) is 4.75. The van der Waals surface area contributed by atoms with Gasteiger partial charge in [0.05, 0.1) is 19.6 Å². The maximum Gasteiger partial charge on any atom is 0.334 e. The summed E-state index contributed by atoms with van der Waals surface area (Å²) in [6, 6.07) is 8.69. The molecule has 0 bridgehead atoms. The van der Waals surface area contributed by atoms with Crippen LogP contribution in [0.4, 0.5) is 4.79 Å². The first kappa shape index (κ1) is 27.5. The predicted molar refractivity (Wildman–Crippen MR) is 137 cm³/mol. The molecule has 0 radical (unpaired) electrons. The third-order valence-electron chi connectivity index (χ3n) is 6.52. The van der Waals surface area contributed by atoms with Crippen LogP contribution >= 0.6 is 0 Å². The minimum absolute atomic E-state index is 0.0434. The van der Waals surface area contributed by atoms with Crippen molar-refractivity contribution >= 4 is 17.8 Å². The molecule has 2 heterocycles. The third-order valence-corrected chi connectivity index (χ3v) is 6.52. The van der Waals surface area contributed by atoms with Gasteiger partial charge in [-0.05, 0) is 24.8 Å². The van der Waals surface area contributed by atoms with Crippen molar-refractivity contribution in [3.63, 3.8) is 0 Å². The first-order valence-electron chi connectivity index (χ1n) is 13.0. The van der Waals surface area contributed by atoms with Crippen LogP contribution in [0.15, 0.2) is 30.3 Å². The molecule has 2 aliphatic heterocycles. The van der Waals surface area contributed by atoms with Crippen LogP contribution in [0.5, 0.6) is 0 Å². The van der Waals surface area contributed by atoms with Crippen LogP contribution in [0, 0.1) is 12.3 Å². The Hall–Kier alpha value is -3.09. The Balaban J connectivity index is 1.79. The van der Waals surface area contributed by atoms with E-state index in [2.05, 4.69) is 18.2 Å². The minimum Gasteiger partial charge on any atom is -0.381 e. The normalized spacial score (nSPS) is 20.3. The van der Waals surface area contributed by atoms with E-state index in [1.807, 2.05) is 37.3 Å². The van der Waals surface area contributed by atoms with Crippen molar-refractivity contribution in [1.29, 1.82) is 0 Å². The highest BCUT2D eigenvalue weighted by Gasteiger charge is 2.50. The molecule has 2 saturated heterocycles. The number of ether oxygens (including phenoxy) is 1. The van der Waals surface area contributed by atoms with Gasteiger partial charge in [0.2, 0.25) is 11.8 Å². The zero-order valence-electron chi connectivity index (χ0n) is 21.5. The predicted octanol–water partition coefficient (Wildman–Crippen LogP) is 2.43. The lowest BCUT2D eigenvalue weighted by molar-refractivity contribution is -0.189. The highest BCUT2D eigenvalue weighted by atomic mass is 16.5. The number of carbonyl (C=O) groups excluding carboxylic acids is 3. The highest BCUT2D eigenvalue weighted by Crippen LogP contribution is 2.28. The second-order valence-corrected chi connectivity index (χ2v) is 9.21. The Morgan fingerprint density at radius 3 is 2.58 bits per heavy atom. The number of carbonyl (C=O) groups is 3. The third kappa shape index (κ3) is 6.77. The van der Waals surface area contributed by atoms with Gasteiger partial charge in [-0.15, -0.1) is 6.42 Å². The van der Waals surface area contributed by atoms with E-state index in [1.165, 1.54) is 0 Å². The quantitative estimate of drug-likeness (QED) is 0.354. The number of amides is 4. The summed E-state index contributed by atoms with van der Waals surface area (Å²) < 4.78 is 5.67. The molecule has 1 aromatic rings. The molecule has 2 aliphatic rings. The summed E-state index contributed by atoms with van der Waals surface area (Å²) in [4.78, 5) is 43.5. The SMILES string of the molecule is C#CCN1CC(=O)N2[C@@H](CCC)C(=O)N(CCCOCCCC)C[C@@H]2N1C(=O)NCc1ccccc1. The number of nitrogens with zero attached hydrogens (tertiary/aromatic N) is 4. The van der Waals surface area contributed by atoms with Crippen LogP contribution in [0.1, 0.15) is 51.5 Å². The molecule has 3 rings (SSSR count). The molecule has 1 aromatic carbocycles. The van der Waals surface area contributed by atoms with Gasteiger partial charge in [0, 0.05) is 26.3 Å². The summed E-state index contributed by atoms with van der Waals surface area (Å²) in [5, 5.41) is 6.12. The Kier molecular flexibility index (Phi) is 10.6. The molecule has 196 valence electrons. The topological polar surface area (TPSA) is 85.4 Å². The molecule has 36 heavy (non-hydrogen) atoms. The van der Waals surface area contributed by atoms with Crippen molar-refractivity contribution in [2.45, 2.75) is 64.7 Å². The monoisotopic (exact) mass is 497 g/mol. The summed E-state index contributed by atoms with van der Waals surface area (Å²) in [5.41, 5.74) is 0.965. The zero-order valence-corrected chi connectivity index (χ0v) is 21.5. The van der Waals surface area contributed by atoms with Crippen molar-refractivity contribution in [2.24, 2.45) is 0 Å². The van der Waals surface area contributed by atoms with E-state index in [9.17, 15) is 14.4 Å². The number of terminal acetylenes is 1. The van der Waals surface area contributed by atoms with Crippen molar-refractivity contribution < 1.29 is 19.1 Å². The first-order chi connectivity index (χ1) is 17.5. The molecule has 2 atom stereocenters. The number of hydrogen-bond donors (Lipinski definition) is 1. The molecule has 0 unspecified atom stereocenters. The number of benzene rings is 1. The lowest BCUT2D eigenvalue weighted by Gasteiger charge is -2.55. The molecule has 0 aromatic heterocycles. The summed E-state index contributed by atoms with van der Waals surface area (Å²) in [7, 11) is 0. The van der Waals surface area contributed by atoms with E-state index in [0.717, 1.165) is 24.8 Å². The van der Waals surface area contributed by atoms with Gasteiger partial charge in [-0.3, -0.25) is 9.59 Å². The fourth-order valence-corrected chi connectivity index (χ4v) is 4.75. The number of hydrazine groups is 1. The van der Waals surface area contributed by atoms with Gasteiger partial charge in [-0.25, -0.2) is 9.80 Å². The lowest BCUT2D eigenvalue weighted by Crippen LogP contribution is -2.76. The lowest BCUT2D eigenvalue weighted by atomic mass is 10.0. The van der Waals surface area contributed by atoms with Crippen LogP contribution in [0.25, 0.3) is 0 Å². The van der Waals surface area contributed by atoms with E-state index in [4.69, 9.17) is 11.2 Å². The second kappa shape index (κ2) is 13.9. The van der Waals surface area contributed by atoms with Crippen LogP contribution in [-0.2, 0) is 20.9 Å². The number of rotatable bonds is 12. The smallest absolute Gasteiger partial charge is 0.334 e. The van der Waals surface area contributed by atoms with E-state index >= 15 is 0 Å². The Morgan fingerprint density at radius 2 is 1.89 bits per heavy atom. The van der Waals surface area contributed by atoms with Crippen molar-refractivity contribution in [3.8, 4) is 12.3 Å². The molecule has 2 fully saturated rings. The molecular weight excluding hydrogens is 458 g/mol. The summed E-state index contributed by atoms with van der Waals surface area (Å²) >= 11 is 0. The number of fused-ring (bicyclic) bond motifs is 1. The summed E-state index contributed by atoms with van der Waals surface area (Å²) in [5.74, 6) is 2.32. The average molecular weight is 498 g/mol. The molecule has 0 aliphatic carbocycles. The maximum atomic E-state index is 13.5. The van der Waals surface area contributed by atoms with Gasteiger partial charge in [0.1, 0.15) is 12.2 Å². The average Bonchev–Trinajstić information content (AvgIpc) is 2.87. The van der Waals surface area contributed by atoms with Gasteiger partial charge in [0.15, 0.2) is 0 Å². The maximum absolute atomic E-state index is 13.5. The van der Waals surface area contributed by atoms with E-state index in [1.54, 1.807) is 19.8 Å². The molecule has 0 spiro atoms. The standard InChI is InChI=1S/C27H39N5O4/c1-4-7-17-36-18-11-16-29-20-24-31(23(12-5-2)26(29)34)25(33)21-30(15-6-3)32(24)27(35)28-19-22-13-9-8-10-14-22/h3,8-10,13-14,23-24H,4-5,7,11-12,15-21H2,1-2H3,(H,28,35)/t23-,24-/m0/s1. The Labute approximate surface area is 214 Å². The Morgan fingerprint density at radius 1 is 1.14 bits per heavy atom. The molecule has 4 amide bonds. The van der Waals surface area contributed by atoms with Crippen LogP contribution in [0.2, 0.25) is 0 Å². The van der Waals surface area contributed by atoms with Crippen molar-refractivity contribution in [1.82, 2.24) is 25.1 Å². The molecule has 1 N–H and O–H groups in total. The van der Waals surface area contributed by atoms with E-state index < -0.39 is 12.2 Å². The van der Waals surface area contributed by atoms with Gasteiger partial charge in [0.25, 0.3) is 0 Å². The largest absolute Gasteiger partial charge is 0.381 e. The van der Waals surface area contributed by atoms with E-state index in [0.29, 0.717) is 39.1 Å². The number of unbranched alkanes of at least 4 members (excludes halogenated alkanes) is 1. The van der Waals surface area contributed by atoms with Crippen LogP contribution in [-0.4, -0.2) is 89.3 Å². The van der Waals surface area contributed by atoms with Gasteiger partial charge >= 0.3 is 6.03 Å². The number of piperazine rings is 1. The number of nitrogens with one attached hydrogen (secondary N) is 1. The zero-order chi connectivity index (χ0) is 25.9. The van der Waals surface area contributed by atoms with Crippen molar-refractivity contribution in [3.05, 3.63) is 35.9 Å². The van der Waals surface area contributed by atoms with Crippen molar-refractivity contribution in [2.75, 3.05) is 39.4 Å². The highest BCUT2D eigenvalue weighted by molar-refractivity contribution is 5.91.